The molecule has 80 valence electrons. The Kier molecular flexibility index (Phi) is 3.55. The monoisotopic (exact) mass is 211 g/mol. The van der Waals surface area contributed by atoms with Gasteiger partial charge in [-0.2, -0.15) is 0 Å². The van der Waals surface area contributed by atoms with Crippen LogP contribution >= 0.6 is 0 Å². The Morgan fingerprint density at radius 3 is 2.73 bits per heavy atom. The molecule has 1 aromatic heterocycles. The Bertz CT molecular complexity index is 380. The van der Waals surface area contributed by atoms with E-state index in [4.69, 9.17) is 10.2 Å². The Hall–Kier alpha value is -2.18. The molecule has 0 spiro atoms. The second kappa shape index (κ2) is 4.89. The molecule has 0 aliphatic heterocycles. The summed E-state index contributed by atoms with van der Waals surface area (Å²) in [6, 6.07) is 1.09. The number of carbonyl (C=O) groups is 2. The van der Waals surface area contributed by atoms with Gasteiger partial charge in [-0.3, -0.25) is 9.59 Å². The minimum Gasteiger partial charge on any atom is -0.493 e. The van der Waals surface area contributed by atoms with Gasteiger partial charge in [0, 0.05) is 12.6 Å². The summed E-state index contributed by atoms with van der Waals surface area (Å²) < 4.78 is 0. The largest absolute Gasteiger partial charge is 0.493 e. The number of aliphatic carboxylic acids is 1. The Morgan fingerprint density at radius 2 is 2.13 bits per heavy atom. The molecule has 0 unspecified atom stereocenters. The lowest BCUT2D eigenvalue weighted by atomic mass is 10.3. The molecule has 0 aliphatic carbocycles. The van der Waals surface area contributed by atoms with E-state index in [0.29, 0.717) is 0 Å². The van der Waals surface area contributed by atoms with E-state index in [1.807, 2.05) is 0 Å². The number of carboxylic acids is 1. The lowest BCUT2D eigenvalue weighted by Crippen LogP contribution is -2.26. The van der Waals surface area contributed by atoms with Crippen molar-refractivity contribution in [1.29, 1.82) is 0 Å². The van der Waals surface area contributed by atoms with E-state index in [1.54, 1.807) is 0 Å². The molecule has 0 aromatic carbocycles. The minimum absolute atomic E-state index is 0.00658. The highest BCUT2D eigenvalue weighted by atomic mass is 16.4. The summed E-state index contributed by atoms with van der Waals surface area (Å²) in [5.74, 6) is -1.86. The fourth-order valence-corrected chi connectivity index (χ4v) is 0.845. The highest BCUT2D eigenvalue weighted by Gasteiger charge is 2.08. The topological polar surface area (TPSA) is 112 Å². The first-order chi connectivity index (χ1) is 7.09. The van der Waals surface area contributed by atoms with Crippen LogP contribution in [-0.2, 0) is 4.79 Å². The quantitative estimate of drug-likeness (QED) is 0.612. The predicted octanol–water partition coefficient (Wildman–Crippen LogP) is -0.613. The Morgan fingerprint density at radius 1 is 1.40 bits per heavy atom. The van der Waals surface area contributed by atoms with E-state index < -0.39 is 11.9 Å². The number of aromatic hydroxyl groups is 1. The van der Waals surface area contributed by atoms with Crippen molar-refractivity contribution < 1.29 is 19.8 Å². The standard InChI is InChI=1S/C8H9N3O4/c12-6-3-5(10-4-11-6)8(15)9-2-1-7(13)14/h3-4H,1-2H2,(H,9,15)(H,13,14)(H,10,11,12). The maximum atomic E-state index is 11.3. The number of nitrogens with zero attached hydrogens (tertiary/aromatic N) is 2. The van der Waals surface area contributed by atoms with Crippen molar-refractivity contribution in [1.82, 2.24) is 15.3 Å². The fourth-order valence-electron chi connectivity index (χ4n) is 0.845. The molecule has 15 heavy (non-hydrogen) atoms. The smallest absolute Gasteiger partial charge is 0.305 e. The van der Waals surface area contributed by atoms with Gasteiger partial charge in [0.1, 0.15) is 12.0 Å². The number of amides is 1. The van der Waals surface area contributed by atoms with Gasteiger partial charge in [-0.15, -0.1) is 0 Å². The summed E-state index contributed by atoms with van der Waals surface area (Å²) in [6.45, 7) is 0.0128. The minimum atomic E-state index is -0.999. The van der Waals surface area contributed by atoms with Crippen molar-refractivity contribution in [3.05, 3.63) is 18.1 Å². The molecule has 0 bridgehead atoms. The SMILES string of the molecule is O=C(O)CCNC(=O)c1cc(O)ncn1. The van der Waals surface area contributed by atoms with Crippen molar-refractivity contribution in [2.24, 2.45) is 0 Å². The van der Waals surface area contributed by atoms with E-state index in [-0.39, 0.29) is 24.5 Å². The third kappa shape index (κ3) is 3.59. The summed E-state index contributed by atoms with van der Waals surface area (Å²) in [4.78, 5) is 28.4. The van der Waals surface area contributed by atoms with Crippen LogP contribution in [0, 0.1) is 0 Å². The van der Waals surface area contributed by atoms with E-state index in [1.165, 1.54) is 0 Å². The van der Waals surface area contributed by atoms with Crippen LogP contribution in [0.2, 0.25) is 0 Å². The molecule has 1 amide bonds. The molecular formula is C8H9N3O4. The van der Waals surface area contributed by atoms with Gasteiger partial charge in [-0.25, -0.2) is 9.97 Å². The highest BCUT2D eigenvalue weighted by Crippen LogP contribution is 2.03. The molecule has 7 nitrogen and oxygen atoms in total. The zero-order valence-corrected chi connectivity index (χ0v) is 7.67. The first-order valence-electron chi connectivity index (χ1n) is 4.10. The van der Waals surface area contributed by atoms with Crippen molar-refractivity contribution in [3.8, 4) is 5.88 Å². The van der Waals surface area contributed by atoms with Gasteiger partial charge in [0.25, 0.3) is 5.91 Å². The van der Waals surface area contributed by atoms with Gasteiger partial charge in [0.05, 0.1) is 6.42 Å². The molecular weight excluding hydrogens is 202 g/mol. The van der Waals surface area contributed by atoms with Crippen LogP contribution in [-0.4, -0.2) is 38.6 Å². The molecule has 0 atom stereocenters. The van der Waals surface area contributed by atoms with Gasteiger partial charge >= 0.3 is 5.97 Å². The van der Waals surface area contributed by atoms with Crippen molar-refractivity contribution >= 4 is 11.9 Å². The molecule has 0 saturated carbocycles. The second-order valence-electron chi connectivity index (χ2n) is 2.66. The average Bonchev–Trinajstić information content (AvgIpc) is 2.17. The lowest BCUT2D eigenvalue weighted by molar-refractivity contribution is -0.136. The van der Waals surface area contributed by atoms with E-state index in [9.17, 15) is 9.59 Å². The molecule has 0 fully saturated rings. The third-order valence-corrected chi connectivity index (χ3v) is 1.51. The molecule has 0 saturated heterocycles. The van der Waals surface area contributed by atoms with E-state index in [0.717, 1.165) is 12.4 Å². The van der Waals surface area contributed by atoms with Gasteiger partial charge < -0.3 is 15.5 Å². The maximum Gasteiger partial charge on any atom is 0.305 e. The van der Waals surface area contributed by atoms with Crippen LogP contribution in [0.25, 0.3) is 0 Å². The Balaban J connectivity index is 2.50. The number of hydrogen-bond donors (Lipinski definition) is 3. The van der Waals surface area contributed by atoms with Crippen molar-refractivity contribution in [3.63, 3.8) is 0 Å². The van der Waals surface area contributed by atoms with Gasteiger partial charge in [-0.05, 0) is 0 Å². The van der Waals surface area contributed by atoms with E-state index in [2.05, 4.69) is 15.3 Å². The summed E-state index contributed by atoms with van der Waals surface area (Å²) >= 11 is 0. The molecule has 7 heteroatoms. The van der Waals surface area contributed by atoms with Crippen LogP contribution in [0.1, 0.15) is 16.9 Å². The summed E-state index contributed by atoms with van der Waals surface area (Å²) in [7, 11) is 0. The number of carboxylic acid groups (broad SMARTS) is 1. The van der Waals surface area contributed by atoms with E-state index >= 15 is 0 Å². The molecule has 3 N–H and O–H groups in total. The summed E-state index contributed by atoms with van der Waals surface area (Å²) in [5, 5.41) is 19.6. The fraction of sp³-hybridized carbons (Fsp3) is 0.250. The maximum absolute atomic E-state index is 11.3. The summed E-state index contributed by atoms with van der Waals surface area (Å²) in [5.41, 5.74) is -0.00658. The van der Waals surface area contributed by atoms with Crippen LogP contribution in [0.5, 0.6) is 5.88 Å². The number of nitrogens with one attached hydrogen (secondary N) is 1. The van der Waals surface area contributed by atoms with Gasteiger partial charge in [0.2, 0.25) is 5.88 Å². The number of hydrogen-bond acceptors (Lipinski definition) is 5. The molecule has 1 aromatic rings. The van der Waals surface area contributed by atoms with Crippen LogP contribution < -0.4 is 5.32 Å². The van der Waals surface area contributed by atoms with Crippen LogP contribution in [0.15, 0.2) is 12.4 Å². The third-order valence-electron chi connectivity index (χ3n) is 1.51. The zero-order chi connectivity index (χ0) is 11.3. The van der Waals surface area contributed by atoms with Crippen LogP contribution in [0.4, 0.5) is 0 Å². The Labute approximate surface area is 84.8 Å². The average molecular weight is 211 g/mol. The number of carbonyl (C=O) groups excluding carboxylic acids is 1. The molecule has 0 aliphatic rings. The molecule has 1 heterocycles. The number of aromatic nitrogens is 2. The first kappa shape index (κ1) is 10.9. The molecule has 0 radical (unpaired) electrons. The predicted molar refractivity (Wildman–Crippen MR) is 48.3 cm³/mol. The first-order valence-corrected chi connectivity index (χ1v) is 4.10. The molecule has 1 rings (SSSR count). The summed E-state index contributed by atoms with van der Waals surface area (Å²) in [6.07, 6.45) is 0.879. The van der Waals surface area contributed by atoms with Gasteiger partial charge in [0.15, 0.2) is 0 Å². The van der Waals surface area contributed by atoms with Gasteiger partial charge in [-0.1, -0.05) is 0 Å². The zero-order valence-electron chi connectivity index (χ0n) is 7.67. The normalized spacial score (nSPS) is 9.60. The van der Waals surface area contributed by atoms with Crippen LogP contribution in [0.3, 0.4) is 0 Å². The second-order valence-corrected chi connectivity index (χ2v) is 2.66. The van der Waals surface area contributed by atoms with Crippen molar-refractivity contribution in [2.75, 3.05) is 6.54 Å². The highest BCUT2D eigenvalue weighted by molar-refractivity contribution is 5.92. The van der Waals surface area contributed by atoms with Crippen molar-refractivity contribution in [2.45, 2.75) is 6.42 Å². The lowest BCUT2D eigenvalue weighted by Gasteiger charge is -2.02. The number of rotatable bonds is 4.